The van der Waals surface area contributed by atoms with Gasteiger partial charge in [-0.15, -0.1) is 0 Å². The van der Waals surface area contributed by atoms with Crippen LogP contribution in [-0.2, 0) is 11.2 Å². The molecule has 0 saturated heterocycles. The maximum Gasteiger partial charge on any atom is 0.519 e. The zero-order valence-corrected chi connectivity index (χ0v) is 12.7. The zero-order valence-electron chi connectivity index (χ0n) is 12.7. The molecule has 0 spiro atoms. The van der Waals surface area contributed by atoms with Gasteiger partial charge < -0.3 is 14.2 Å². The predicted molar refractivity (Wildman–Crippen MR) is 84.4 cm³/mol. The van der Waals surface area contributed by atoms with Gasteiger partial charge in [0.05, 0.1) is 6.61 Å². The van der Waals surface area contributed by atoms with Gasteiger partial charge in [0.1, 0.15) is 11.5 Å². The van der Waals surface area contributed by atoms with Crippen LogP contribution in [0.2, 0.25) is 0 Å². The monoisotopic (exact) mass is 300 g/mol. The second-order valence-corrected chi connectivity index (χ2v) is 4.77. The van der Waals surface area contributed by atoms with E-state index < -0.39 is 6.16 Å². The summed E-state index contributed by atoms with van der Waals surface area (Å²) in [7, 11) is 0. The van der Waals surface area contributed by atoms with E-state index >= 15 is 0 Å². The molecule has 0 fully saturated rings. The number of para-hydroxylation sites is 1. The Morgan fingerprint density at radius 2 is 1.50 bits per heavy atom. The van der Waals surface area contributed by atoms with Gasteiger partial charge in [0.25, 0.3) is 0 Å². The molecule has 2 rings (SSSR count). The number of hydrogen-bond acceptors (Lipinski definition) is 4. The molecule has 0 aliphatic carbocycles. The molecule has 4 heteroatoms. The molecule has 2 aromatic rings. The number of rotatable bonds is 7. The van der Waals surface area contributed by atoms with Crippen molar-refractivity contribution < 1.29 is 19.0 Å². The van der Waals surface area contributed by atoms with Gasteiger partial charge in [0.15, 0.2) is 0 Å². The number of benzene rings is 2. The standard InChI is InChI=1S/C18H20O4/c1-2-13-20-14-12-15-8-10-17(11-9-15)22-18(19)21-16-6-4-3-5-7-16/h3-11H,2,12-14H2,1H3. The van der Waals surface area contributed by atoms with Gasteiger partial charge in [-0.1, -0.05) is 37.3 Å². The minimum Gasteiger partial charge on any atom is -0.395 e. The van der Waals surface area contributed by atoms with Crippen LogP contribution in [0.15, 0.2) is 54.6 Å². The molecular formula is C18H20O4. The summed E-state index contributed by atoms with van der Waals surface area (Å²) in [5, 5.41) is 0. The van der Waals surface area contributed by atoms with Crippen LogP contribution in [-0.4, -0.2) is 19.4 Å². The van der Waals surface area contributed by atoms with Gasteiger partial charge in [0.2, 0.25) is 0 Å². The molecule has 0 saturated carbocycles. The third kappa shape index (κ3) is 5.58. The molecule has 0 aliphatic rings. The maximum absolute atomic E-state index is 11.6. The van der Waals surface area contributed by atoms with Crippen LogP contribution in [0.4, 0.5) is 4.79 Å². The van der Waals surface area contributed by atoms with Crippen LogP contribution in [0.3, 0.4) is 0 Å². The minimum atomic E-state index is -0.745. The summed E-state index contributed by atoms with van der Waals surface area (Å²) in [6.45, 7) is 3.57. The largest absolute Gasteiger partial charge is 0.519 e. The lowest BCUT2D eigenvalue weighted by molar-refractivity contribution is 0.138. The first-order chi connectivity index (χ1) is 10.8. The highest BCUT2D eigenvalue weighted by Crippen LogP contribution is 2.15. The highest BCUT2D eigenvalue weighted by Gasteiger charge is 2.07. The van der Waals surface area contributed by atoms with Gasteiger partial charge >= 0.3 is 6.16 Å². The molecule has 0 radical (unpaired) electrons. The fourth-order valence-electron chi connectivity index (χ4n) is 1.86. The van der Waals surface area contributed by atoms with Gasteiger partial charge in [-0.2, -0.15) is 0 Å². The Labute approximate surface area is 130 Å². The fraction of sp³-hybridized carbons (Fsp3) is 0.278. The summed E-state index contributed by atoms with van der Waals surface area (Å²) in [6, 6.07) is 16.2. The fourth-order valence-corrected chi connectivity index (χ4v) is 1.86. The van der Waals surface area contributed by atoms with Crippen molar-refractivity contribution in [3.05, 3.63) is 60.2 Å². The summed E-state index contributed by atoms with van der Waals surface area (Å²) >= 11 is 0. The summed E-state index contributed by atoms with van der Waals surface area (Å²) in [6.07, 6.45) is 1.12. The highest BCUT2D eigenvalue weighted by atomic mass is 16.7. The summed E-state index contributed by atoms with van der Waals surface area (Å²) < 4.78 is 15.6. The Bertz CT molecular complexity index is 563. The molecular weight excluding hydrogens is 280 g/mol. The second kappa shape index (κ2) is 8.85. The van der Waals surface area contributed by atoms with Crippen molar-refractivity contribution in [1.29, 1.82) is 0 Å². The van der Waals surface area contributed by atoms with E-state index in [1.807, 2.05) is 18.2 Å². The van der Waals surface area contributed by atoms with Crippen molar-refractivity contribution in [2.45, 2.75) is 19.8 Å². The van der Waals surface area contributed by atoms with E-state index in [0.29, 0.717) is 18.1 Å². The van der Waals surface area contributed by atoms with E-state index in [1.165, 1.54) is 0 Å². The van der Waals surface area contributed by atoms with E-state index in [1.54, 1.807) is 36.4 Å². The van der Waals surface area contributed by atoms with E-state index in [2.05, 4.69) is 6.92 Å². The Morgan fingerprint density at radius 1 is 0.864 bits per heavy atom. The van der Waals surface area contributed by atoms with Crippen LogP contribution in [0.5, 0.6) is 11.5 Å². The van der Waals surface area contributed by atoms with Crippen LogP contribution in [0.25, 0.3) is 0 Å². The number of carbonyl (C=O) groups is 1. The highest BCUT2D eigenvalue weighted by molar-refractivity contribution is 5.67. The quantitative estimate of drug-likeness (QED) is 0.436. The van der Waals surface area contributed by atoms with Crippen LogP contribution < -0.4 is 9.47 Å². The Balaban J connectivity index is 1.79. The second-order valence-electron chi connectivity index (χ2n) is 4.77. The molecule has 0 aromatic heterocycles. The Hall–Kier alpha value is -2.33. The number of ether oxygens (including phenoxy) is 3. The molecule has 0 bridgehead atoms. The maximum atomic E-state index is 11.6. The summed E-state index contributed by atoms with van der Waals surface area (Å²) in [5.41, 5.74) is 1.14. The van der Waals surface area contributed by atoms with Crippen molar-refractivity contribution in [3.8, 4) is 11.5 Å². The topological polar surface area (TPSA) is 44.8 Å². The third-order valence-electron chi connectivity index (χ3n) is 2.95. The van der Waals surface area contributed by atoms with Gasteiger partial charge in [0, 0.05) is 6.61 Å². The van der Waals surface area contributed by atoms with Gasteiger partial charge in [-0.05, 0) is 42.7 Å². The van der Waals surface area contributed by atoms with Crippen molar-refractivity contribution >= 4 is 6.16 Å². The molecule has 0 atom stereocenters. The number of hydrogen-bond donors (Lipinski definition) is 0. The average molecular weight is 300 g/mol. The zero-order chi connectivity index (χ0) is 15.6. The lowest BCUT2D eigenvalue weighted by Gasteiger charge is -2.07. The van der Waals surface area contributed by atoms with Gasteiger partial charge in [-0.25, -0.2) is 4.79 Å². The van der Waals surface area contributed by atoms with Gasteiger partial charge in [-0.3, -0.25) is 0 Å². The van der Waals surface area contributed by atoms with Crippen molar-refractivity contribution in [2.75, 3.05) is 13.2 Å². The molecule has 22 heavy (non-hydrogen) atoms. The lowest BCUT2D eigenvalue weighted by atomic mass is 10.1. The molecule has 0 heterocycles. The smallest absolute Gasteiger partial charge is 0.395 e. The Morgan fingerprint density at radius 3 is 2.14 bits per heavy atom. The molecule has 0 unspecified atom stereocenters. The first kappa shape index (κ1) is 16.0. The Kier molecular flexibility index (Phi) is 6.45. The normalized spacial score (nSPS) is 10.2. The van der Waals surface area contributed by atoms with Crippen LogP contribution in [0, 0.1) is 0 Å². The molecule has 2 aromatic carbocycles. The molecule has 116 valence electrons. The molecule has 0 amide bonds. The first-order valence-electron chi connectivity index (χ1n) is 7.39. The third-order valence-corrected chi connectivity index (χ3v) is 2.95. The SMILES string of the molecule is CCCOCCc1ccc(OC(=O)Oc2ccccc2)cc1. The van der Waals surface area contributed by atoms with Crippen molar-refractivity contribution in [1.82, 2.24) is 0 Å². The van der Waals surface area contributed by atoms with Crippen LogP contribution in [0.1, 0.15) is 18.9 Å². The minimum absolute atomic E-state index is 0.456. The van der Waals surface area contributed by atoms with Crippen molar-refractivity contribution in [2.24, 2.45) is 0 Å². The number of carbonyl (C=O) groups excluding carboxylic acids is 1. The van der Waals surface area contributed by atoms with Crippen LogP contribution >= 0.6 is 0 Å². The lowest BCUT2D eigenvalue weighted by Crippen LogP contribution is -2.13. The van der Waals surface area contributed by atoms with E-state index in [0.717, 1.165) is 25.0 Å². The molecule has 0 N–H and O–H groups in total. The first-order valence-corrected chi connectivity index (χ1v) is 7.39. The predicted octanol–water partition coefficient (Wildman–Crippen LogP) is 4.23. The summed E-state index contributed by atoms with van der Waals surface area (Å²) in [4.78, 5) is 11.6. The van der Waals surface area contributed by atoms with E-state index in [9.17, 15) is 4.79 Å². The summed E-state index contributed by atoms with van der Waals surface area (Å²) in [5.74, 6) is 0.913. The van der Waals surface area contributed by atoms with E-state index in [4.69, 9.17) is 14.2 Å². The van der Waals surface area contributed by atoms with Crippen molar-refractivity contribution in [3.63, 3.8) is 0 Å². The van der Waals surface area contributed by atoms with E-state index in [-0.39, 0.29) is 0 Å². The molecule has 0 aliphatic heterocycles. The average Bonchev–Trinajstić information content (AvgIpc) is 2.54. The molecule has 4 nitrogen and oxygen atoms in total.